The number of carbonyl (C=O) groups is 1. The van der Waals surface area contributed by atoms with E-state index in [0.717, 1.165) is 13.0 Å². The third-order valence-electron chi connectivity index (χ3n) is 2.78. The van der Waals surface area contributed by atoms with Gasteiger partial charge in [-0.2, -0.15) is 0 Å². The van der Waals surface area contributed by atoms with Crippen LogP contribution < -0.4 is 5.32 Å². The average Bonchev–Trinajstić information content (AvgIpc) is 2.22. The highest BCUT2D eigenvalue weighted by molar-refractivity contribution is 7.92. The Morgan fingerprint density at radius 2 is 1.80 bits per heavy atom. The summed E-state index contributed by atoms with van der Waals surface area (Å²) in [4.78, 5) is 11.6. The second-order valence-electron chi connectivity index (χ2n) is 6.30. The van der Waals surface area contributed by atoms with Crippen LogP contribution in [0.4, 0.5) is 0 Å². The van der Waals surface area contributed by atoms with E-state index in [0.29, 0.717) is 6.42 Å². The van der Waals surface area contributed by atoms with Gasteiger partial charge in [0.2, 0.25) is 0 Å². The van der Waals surface area contributed by atoms with Crippen LogP contribution in [0, 0.1) is 0 Å². The van der Waals surface area contributed by atoms with Gasteiger partial charge >= 0.3 is 5.97 Å². The van der Waals surface area contributed by atoms with Crippen molar-refractivity contribution in [2.24, 2.45) is 0 Å². The van der Waals surface area contributed by atoms with Crippen molar-refractivity contribution in [3.05, 3.63) is 0 Å². The largest absolute Gasteiger partial charge is 0.459 e. The summed E-state index contributed by atoms with van der Waals surface area (Å²) < 4.78 is 29.3. The summed E-state index contributed by atoms with van der Waals surface area (Å²) in [6.07, 6.45) is 1.49. The Morgan fingerprint density at radius 1 is 1.25 bits per heavy atom. The molecule has 0 heterocycles. The molecule has 20 heavy (non-hydrogen) atoms. The molecular weight excluding hydrogens is 278 g/mol. The molecule has 0 aliphatic heterocycles. The molecule has 0 aromatic rings. The molecule has 2 atom stereocenters. The van der Waals surface area contributed by atoms with Gasteiger partial charge in [0.25, 0.3) is 0 Å². The Balaban J connectivity index is 4.45. The van der Waals surface area contributed by atoms with E-state index in [2.05, 4.69) is 12.2 Å². The fourth-order valence-electron chi connectivity index (χ4n) is 1.80. The molecule has 0 aliphatic carbocycles. The maximum absolute atomic E-state index is 12.1. The third kappa shape index (κ3) is 8.53. The van der Waals surface area contributed by atoms with Crippen LogP contribution in [0.2, 0.25) is 0 Å². The Morgan fingerprint density at radius 3 is 2.25 bits per heavy atom. The summed E-state index contributed by atoms with van der Waals surface area (Å²) in [6.45, 7) is 11.7. The Kier molecular flexibility index (Phi) is 7.73. The Labute approximate surface area is 123 Å². The van der Waals surface area contributed by atoms with Gasteiger partial charge in [0, 0.05) is 6.04 Å². The molecule has 0 radical (unpaired) electrons. The lowest BCUT2D eigenvalue weighted by Gasteiger charge is -2.21. The quantitative estimate of drug-likeness (QED) is 0.694. The topological polar surface area (TPSA) is 72.5 Å². The van der Waals surface area contributed by atoms with Crippen molar-refractivity contribution < 1.29 is 17.9 Å². The Bertz CT molecular complexity index is 398. The molecule has 0 rings (SSSR count). The first-order chi connectivity index (χ1) is 8.98. The molecule has 0 saturated heterocycles. The van der Waals surface area contributed by atoms with Crippen molar-refractivity contribution in [1.29, 1.82) is 0 Å². The smallest absolute Gasteiger partial charge is 0.321 e. The summed E-state index contributed by atoms with van der Waals surface area (Å²) in [7, 11) is -3.47. The molecule has 0 aromatic carbocycles. The van der Waals surface area contributed by atoms with E-state index in [4.69, 9.17) is 4.74 Å². The zero-order valence-corrected chi connectivity index (χ0v) is 14.3. The number of sulfone groups is 1. The molecule has 0 amide bonds. The van der Waals surface area contributed by atoms with Crippen LogP contribution >= 0.6 is 0 Å². The number of carbonyl (C=O) groups excluding carboxylic acids is 1. The van der Waals surface area contributed by atoms with E-state index in [1.807, 2.05) is 6.92 Å². The van der Waals surface area contributed by atoms with Crippen molar-refractivity contribution in [3.63, 3.8) is 0 Å². The van der Waals surface area contributed by atoms with Crippen LogP contribution in [0.3, 0.4) is 0 Å². The van der Waals surface area contributed by atoms with Crippen LogP contribution in [0.25, 0.3) is 0 Å². The lowest BCUT2D eigenvalue weighted by molar-refractivity contribution is -0.151. The molecular formula is C14H29NO4S. The van der Waals surface area contributed by atoms with Crippen molar-refractivity contribution in [2.45, 2.75) is 71.3 Å². The maximum atomic E-state index is 12.1. The maximum Gasteiger partial charge on any atom is 0.321 e. The van der Waals surface area contributed by atoms with Crippen molar-refractivity contribution >= 4 is 15.8 Å². The SMILES string of the molecule is CCCNC(C)CC(C)S(=O)(=O)CC(=O)OC(C)(C)C. The fraction of sp³-hybridized carbons (Fsp3) is 0.929. The summed E-state index contributed by atoms with van der Waals surface area (Å²) in [5, 5.41) is 2.69. The van der Waals surface area contributed by atoms with Gasteiger partial charge < -0.3 is 10.1 Å². The number of hydrogen-bond acceptors (Lipinski definition) is 5. The van der Waals surface area contributed by atoms with Crippen LogP contribution in [0.1, 0.15) is 54.4 Å². The van der Waals surface area contributed by atoms with Crippen LogP contribution in [-0.4, -0.2) is 43.6 Å². The number of rotatable bonds is 8. The summed E-state index contributed by atoms with van der Waals surface area (Å²) >= 11 is 0. The normalized spacial score (nSPS) is 15.7. The van der Waals surface area contributed by atoms with Gasteiger partial charge in [-0.1, -0.05) is 6.92 Å². The minimum absolute atomic E-state index is 0.110. The van der Waals surface area contributed by atoms with Gasteiger partial charge in [0.05, 0.1) is 5.25 Å². The number of esters is 1. The number of hydrogen-bond donors (Lipinski definition) is 1. The third-order valence-corrected chi connectivity index (χ3v) is 4.84. The highest BCUT2D eigenvalue weighted by Gasteiger charge is 2.28. The van der Waals surface area contributed by atoms with Crippen molar-refractivity contribution in [2.75, 3.05) is 12.3 Å². The molecule has 0 spiro atoms. The van der Waals surface area contributed by atoms with Crippen molar-refractivity contribution in [1.82, 2.24) is 5.32 Å². The molecule has 0 saturated carbocycles. The lowest BCUT2D eigenvalue weighted by atomic mass is 10.2. The van der Waals surface area contributed by atoms with Crippen LogP contribution in [0.5, 0.6) is 0 Å². The van der Waals surface area contributed by atoms with E-state index in [9.17, 15) is 13.2 Å². The van der Waals surface area contributed by atoms with Gasteiger partial charge in [-0.05, 0) is 54.0 Å². The number of ether oxygens (including phenoxy) is 1. The summed E-state index contributed by atoms with van der Waals surface area (Å²) in [5.41, 5.74) is -0.661. The minimum Gasteiger partial charge on any atom is -0.459 e. The Hall–Kier alpha value is -0.620. The van der Waals surface area contributed by atoms with Gasteiger partial charge in [-0.25, -0.2) is 8.42 Å². The highest BCUT2D eigenvalue weighted by Crippen LogP contribution is 2.13. The molecule has 0 fully saturated rings. The van der Waals surface area contributed by atoms with Gasteiger partial charge in [0.15, 0.2) is 9.84 Å². The molecule has 0 bridgehead atoms. The number of nitrogens with one attached hydrogen (secondary N) is 1. The predicted octanol–water partition coefficient (Wildman–Crippen LogP) is 1.91. The molecule has 6 heteroatoms. The molecule has 2 unspecified atom stereocenters. The predicted molar refractivity (Wildman–Crippen MR) is 81.5 cm³/mol. The standard InChI is InChI=1S/C14H29NO4S/c1-7-8-15-11(2)9-12(3)20(17,18)10-13(16)19-14(4,5)6/h11-12,15H,7-10H2,1-6H3. The van der Waals surface area contributed by atoms with Gasteiger partial charge in [-0.15, -0.1) is 0 Å². The summed E-state index contributed by atoms with van der Waals surface area (Å²) in [6, 6.07) is 0.110. The first kappa shape index (κ1) is 19.4. The van der Waals surface area contributed by atoms with Crippen LogP contribution in [-0.2, 0) is 19.4 Å². The molecule has 120 valence electrons. The van der Waals surface area contributed by atoms with Gasteiger partial charge in [-0.3, -0.25) is 4.79 Å². The van der Waals surface area contributed by atoms with E-state index >= 15 is 0 Å². The van der Waals surface area contributed by atoms with E-state index in [1.165, 1.54) is 0 Å². The summed E-state index contributed by atoms with van der Waals surface area (Å²) in [5.74, 6) is -1.23. The van der Waals surface area contributed by atoms with Crippen molar-refractivity contribution in [3.8, 4) is 0 Å². The average molecular weight is 307 g/mol. The van der Waals surface area contributed by atoms with E-state index < -0.39 is 32.4 Å². The second kappa shape index (κ2) is 7.98. The second-order valence-corrected chi connectivity index (χ2v) is 8.71. The minimum atomic E-state index is -3.47. The molecule has 0 aromatic heterocycles. The fourth-order valence-corrected chi connectivity index (χ4v) is 3.05. The zero-order valence-electron chi connectivity index (χ0n) is 13.5. The molecule has 1 N–H and O–H groups in total. The monoisotopic (exact) mass is 307 g/mol. The van der Waals surface area contributed by atoms with E-state index in [1.54, 1.807) is 27.7 Å². The first-order valence-corrected chi connectivity index (χ1v) is 8.86. The van der Waals surface area contributed by atoms with E-state index in [-0.39, 0.29) is 6.04 Å². The zero-order chi connectivity index (χ0) is 16.0. The molecule has 5 nitrogen and oxygen atoms in total. The molecule has 0 aliphatic rings. The highest BCUT2D eigenvalue weighted by atomic mass is 32.2. The van der Waals surface area contributed by atoms with Crippen LogP contribution in [0.15, 0.2) is 0 Å². The lowest BCUT2D eigenvalue weighted by Crippen LogP contribution is -2.36. The first-order valence-electron chi connectivity index (χ1n) is 7.14. The van der Waals surface area contributed by atoms with Gasteiger partial charge in [0.1, 0.15) is 11.4 Å².